The SMILES string of the molecule is O=C(CCOc1ccccc1)NCc1ccc(OCc2cccnc2)cc1. The van der Waals surface area contributed by atoms with Gasteiger partial charge in [0.25, 0.3) is 0 Å². The largest absolute Gasteiger partial charge is 0.493 e. The summed E-state index contributed by atoms with van der Waals surface area (Å²) in [7, 11) is 0. The second kappa shape index (κ2) is 9.97. The molecule has 3 aromatic rings. The molecular weight excluding hydrogens is 340 g/mol. The zero-order valence-electron chi connectivity index (χ0n) is 15.0. The Hall–Kier alpha value is -3.34. The number of pyridine rings is 1. The number of hydrogen-bond donors (Lipinski definition) is 1. The highest BCUT2D eigenvalue weighted by atomic mass is 16.5. The van der Waals surface area contributed by atoms with Gasteiger partial charge in [-0.15, -0.1) is 0 Å². The number of carbonyl (C=O) groups excluding carboxylic acids is 1. The molecule has 0 saturated carbocycles. The lowest BCUT2D eigenvalue weighted by Crippen LogP contribution is -2.24. The first kappa shape index (κ1) is 18.5. The van der Waals surface area contributed by atoms with Crippen LogP contribution in [0, 0.1) is 0 Å². The van der Waals surface area contributed by atoms with E-state index < -0.39 is 0 Å². The monoisotopic (exact) mass is 362 g/mol. The minimum Gasteiger partial charge on any atom is -0.493 e. The molecule has 1 aromatic heterocycles. The molecule has 0 fully saturated rings. The predicted molar refractivity (Wildman–Crippen MR) is 103 cm³/mol. The highest BCUT2D eigenvalue weighted by molar-refractivity contribution is 5.76. The van der Waals surface area contributed by atoms with Gasteiger partial charge in [0.15, 0.2) is 0 Å². The summed E-state index contributed by atoms with van der Waals surface area (Å²) in [5.74, 6) is 1.51. The van der Waals surface area contributed by atoms with Gasteiger partial charge in [0.05, 0.1) is 13.0 Å². The van der Waals surface area contributed by atoms with Gasteiger partial charge in [-0.25, -0.2) is 0 Å². The fourth-order valence-electron chi connectivity index (χ4n) is 2.42. The van der Waals surface area contributed by atoms with E-state index >= 15 is 0 Å². The quantitative estimate of drug-likeness (QED) is 0.630. The topological polar surface area (TPSA) is 60.5 Å². The van der Waals surface area contributed by atoms with Crippen molar-refractivity contribution in [3.05, 3.63) is 90.3 Å². The minimum atomic E-state index is -0.0390. The second-order valence-corrected chi connectivity index (χ2v) is 5.98. The number of benzene rings is 2. The Bertz CT molecular complexity index is 821. The third-order valence-corrected chi connectivity index (χ3v) is 3.88. The number of hydrogen-bond acceptors (Lipinski definition) is 4. The molecule has 0 spiro atoms. The minimum absolute atomic E-state index is 0.0390. The summed E-state index contributed by atoms with van der Waals surface area (Å²) in [6, 6.07) is 21.0. The molecule has 0 radical (unpaired) electrons. The van der Waals surface area contributed by atoms with Crippen molar-refractivity contribution in [2.45, 2.75) is 19.6 Å². The lowest BCUT2D eigenvalue weighted by molar-refractivity contribution is -0.121. The third kappa shape index (κ3) is 6.47. The normalized spacial score (nSPS) is 10.2. The van der Waals surface area contributed by atoms with Gasteiger partial charge in [0.2, 0.25) is 5.91 Å². The molecule has 0 aliphatic carbocycles. The third-order valence-electron chi connectivity index (χ3n) is 3.88. The Morgan fingerprint density at radius 3 is 2.37 bits per heavy atom. The van der Waals surface area contributed by atoms with E-state index in [0.29, 0.717) is 26.2 Å². The average molecular weight is 362 g/mol. The number of ether oxygens (including phenoxy) is 2. The predicted octanol–water partition coefficient (Wildman–Crippen LogP) is 3.75. The Kier molecular flexibility index (Phi) is 6.81. The van der Waals surface area contributed by atoms with Crippen LogP contribution in [0.25, 0.3) is 0 Å². The van der Waals surface area contributed by atoms with Crippen LogP contribution in [0.3, 0.4) is 0 Å². The van der Waals surface area contributed by atoms with E-state index in [9.17, 15) is 4.79 Å². The number of nitrogens with zero attached hydrogens (tertiary/aromatic N) is 1. The molecule has 0 aliphatic rings. The van der Waals surface area contributed by atoms with Gasteiger partial charge in [0.1, 0.15) is 18.1 Å². The van der Waals surface area contributed by atoms with Crippen molar-refractivity contribution in [2.24, 2.45) is 0 Å². The summed E-state index contributed by atoms with van der Waals surface area (Å²) in [4.78, 5) is 16.0. The molecule has 1 amide bonds. The molecule has 0 unspecified atom stereocenters. The molecule has 5 nitrogen and oxygen atoms in total. The maximum atomic E-state index is 11.9. The van der Waals surface area contributed by atoms with Crippen LogP contribution in [0.4, 0.5) is 0 Å². The van der Waals surface area contributed by atoms with Gasteiger partial charge in [-0.1, -0.05) is 36.4 Å². The number of aromatic nitrogens is 1. The Morgan fingerprint density at radius 2 is 1.63 bits per heavy atom. The van der Waals surface area contributed by atoms with Crippen LogP contribution in [0.1, 0.15) is 17.5 Å². The summed E-state index contributed by atoms with van der Waals surface area (Å²) in [5, 5.41) is 2.89. The molecule has 5 heteroatoms. The van der Waals surface area contributed by atoms with Crippen molar-refractivity contribution in [3.63, 3.8) is 0 Å². The van der Waals surface area contributed by atoms with Crippen LogP contribution < -0.4 is 14.8 Å². The zero-order chi connectivity index (χ0) is 18.7. The van der Waals surface area contributed by atoms with Crippen LogP contribution in [0.5, 0.6) is 11.5 Å². The lowest BCUT2D eigenvalue weighted by Gasteiger charge is -2.09. The van der Waals surface area contributed by atoms with Crippen molar-refractivity contribution >= 4 is 5.91 Å². The van der Waals surface area contributed by atoms with Gasteiger partial charge in [-0.3, -0.25) is 9.78 Å². The maximum Gasteiger partial charge on any atom is 0.223 e. The number of para-hydroxylation sites is 1. The van der Waals surface area contributed by atoms with E-state index in [4.69, 9.17) is 9.47 Å². The molecule has 1 heterocycles. The highest BCUT2D eigenvalue weighted by Crippen LogP contribution is 2.14. The maximum absolute atomic E-state index is 11.9. The Morgan fingerprint density at radius 1 is 0.852 bits per heavy atom. The smallest absolute Gasteiger partial charge is 0.223 e. The Balaban J connectivity index is 1.36. The van der Waals surface area contributed by atoms with Gasteiger partial charge >= 0.3 is 0 Å². The number of rotatable bonds is 9. The van der Waals surface area contributed by atoms with E-state index in [-0.39, 0.29) is 5.91 Å². The highest BCUT2D eigenvalue weighted by Gasteiger charge is 2.03. The fourth-order valence-corrected chi connectivity index (χ4v) is 2.42. The molecule has 0 saturated heterocycles. The second-order valence-electron chi connectivity index (χ2n) is 5.98. The van der Waals surface area contributed by atoms with E-state index in [2.05, 4.69) is 10.3 Å². The first-order valence-electron chi connectivity index (χ1n) is 8.85. The molecule has 1 N–H and O–H groups in total. The first-order chi connectivity index (χ1) is 13.3. The summed E-state index contributed by atoms with van der Waals surface area (Å²) >= 11 is 0. The number of carbonyl (C=O) groups is 1. The van der Waals surface area contributed by atoms with Gasteiger partial charge in [0, 0.05) is 24.5 Å². The van der Waals surface area contributed by atoms with Crippen molar-refractivity contribution in [2.75, 3.05) is 6.61 Å². The molecular formula is C22H22N2O3. The van der Waals surface area contributed by atoms with E-state index in [1.54, 1.807) is 12.4 Å². The summed E-state index contributed by atoms with van der Waals surface area (Å²) < 4.78 is 11.2. The van der Waals surface area contributed by atoms with Crippen LogP contribution in [0.15, 0.2) is 79.1 Å². The fraction of sp³-hybridized carbons (Fsp3) is 0.182. The summed E-state index contributed by atoms with van der Waals surface area (Å²) in [6.07, 6.45) is 3.84. The Labute approximate surface area is 159 Å². The molecule has 3 rings (SSSR count). The van der Waals surface area contributed by atoms with Crippen molar-refractivity contribution < 1.29 is 14.3 Å². The van der Waals surface area contributed by atoms with Crippen molar-refractivity contribution in [1.82, 2.24) is 10.3 Å². The van der Waals surface area contributed by atoms with E-state index in [0.717, 1.165) is 22.6 Å². The average Bonchev–Trinajstić information content (AvgIpc) is 2.73. The van der Waals surface area contributed by atoms with Crippen molar-refractivity contribution in [3.8, 4) is 11.5 Å². The van der Waals surface area contributed by atoms with Crippen LogP contribution in [-0.2, 0) is 17.9 Å². The molecule has 27 heavy (non-hydrogen) atoms. The molecule has 0 bridgehead atoms. The lowest BCUT2D eigenvalue weighted by atomic mass is 10.2. The molecule has 0 atom stereocenters. The standard InChI is InChI=1S/C22H22N2O3/c25-22(12-14-26-20-6-2-1-3-7-20)24-16-18-8-10-21(11-9-18)27-17-19-5-4-13-23-15-19/h1-11,13,15H,12,14,16-17H2,(H,24,25). The van der Waals surface area contributed by atoms with Crippen molar-refractivity contribution in [1.29, 1.82) is 0 Å². The number of amides is 1. The van der Waals surface area contributed by atoms with E-state index in [1.165, 1.54) is 0 Å². The van der Waals surface area contributed by atoms with Gasteiger partial charge in [-0.2, -0.15) is 0 Å². The van der Waals surface area contributed by atoms with Crippen LogP contribution in [0.2, 0.25) is 0 Å². The van der Waals surface area contributed by atoms with Crippen LogP contribution >= 0.6 is 0 Å². The molecule has 0 aliphatic heterocycles. The summed E-state index contributed by atoms with van der Waals surface area (Å²) in [5.41, 5.74) is 2.03. The zero-order valence-corrected chi connectivity index (χ0v) is 15.0. The molecule has 2 aromatic carbocycles. The number of nitrogens with one attached hydrogen (secondary N) is 1. The van der Waals surface area contributed by atoms with Crippen LogP contribution in [-0.4, -0.2) is 17.5 Å². The first-order valence-corrected chi connectivity index (χ1v) is 8.85. The van der Waals surface area contributed by atoms with Gasteiger partial charge in [-0.05, 0) is 35.9 Å². The molecule has 138 valence electrons. The summed E-state index contributed by atoms with van der Waals surface area (Å²) in [6.45, 7) is 1.31. The van der Waals surface area contributed by atoms with E-state index in [1.807, 2.05) is 66.7 Å². The van der Waals surface area contributed by atoms with Gasteiger partial charge < -0.3 is 14.8 Å².